The van der Waals surface area contributed by atoms with E-state index in [1.807, 2.05) is 0 Å². The van der Waals surface area contributed by atoms with E-state index in [0.29, 0.717) is 0 Å². The third kappa shape index (κ3) is 6.49. The Labute approximate surface area is 98.7 Å². The zero-order valence-corrected chi connectivity index (χ0v) is 10.4. The molecule has 0 bridgehead atoms. The van der Waals surface area contributed by atoms with Gasteiger partial charge in [0.05, 0.1) is 0 Å². The van der Waals surface area contributed by atoms with E-state index in [1.165, 1.54) is 51.4 Å². The molecule has 16 heavy (non-hydrogen) atoms. The minimum Gasteiger partial charge on any atom is -0.225 e. The average Bonchev–Trinajstić information content (AvgIpc) is 2.34. The van der Waals surface area contributed by atoms with Crippen molar-refractivity contribution in [3.05, 3.63) is 18.5 Å². The number of aromatic nitrogens is 3. The van der Waals surface area contributed by atoms with Gasteiger partial charge >= 0.3 is 0 Å². The number of aryl methyl sites for hydroxylation is 1. The Morgan fingerprint density at radius 3 is 2.00 bits per heavy atom. The molecule has 0 aliphatic carbocycles. The molecule has 0 atom stereocenters. The maximum Gasteiger partial charge on any atom is 0.131 e. The molecule has 1 rings (SSSR count). The molecule has 0 fully saturated rings. The molecule has 0 amide bonds. The minimum absolute atomic E-state index is 0.931. The lowest BCUT2D eigenvalue weighted by molar-refractivity contribution is 0.571. The Balaban J connectivity index is 1.89. The van der Waals surface area contributed by atoms with Gasteiger partial charge in [-0.15, -0.1) is 0 Å². The Morgan fingerprint density at radius 1 is 0.812 bits per heavy atom. The third-order valence-electron chi connectivity index (χ3n) is 2.80. The fraction of sp³-hybridized carbons (Fsp3) is 0.769. The van der Waals surface area contributed by atoms with E-state index in [4.69, 9.17) is 0 Å². The number of unbranched alkanes of at least 4 members (excludes halogenated alkanes) is 7. The molecule has 0 aliphatic heterocycles. The fourth-order valence-electron chi connectivity index (χ4n) is 1.81. The van der Waals surface area contributed by atoms with Gasteiger partial charge in [-0.05, 0) is 6.42 Å². The van der Waals surface area contributed by atoms with E-state index in [9.17, 15) is 0 Å². The highest BCUT2D eigenvalue weighted by Gasteiger charge is 1.95. The molecular weight excluding hydrogens is 198 g/mol. The quantitative estimate of drug-likeness (QED) is 0.598. The summed E-state index contributed by atoms with van der Waals surface area (Å²) in [4.78, 5) is 12.0. The first-order valence-electron chi connectivity index (χ1n) is 6.54. The topological polar surface area (TPSA) is 38.7 Å². The van der Waals surface area contributed by atoms with Gasteiger partial charge in [0.15, 0.2) is 0 Å². The molecule has 3 heteroatoms. The predicted molar refractivity (Wildman–Crippen MR) is 66.1 cm³/mol. The lowest BCUT2D eigenvalue weighted by atomic mass is 10.1. The van der Waals surface area contributed by atoms with Crippen molar-refractivity contribution in [3.8, 4) is 0 Å². The molecule has 1 heterocycles. The van der Waals surface area contributed by atoms with Crippen molar-refractivity contribution in [3.63, 3.8) is 0 Å². The maximum atomic E-state index is 4.11. The average molecular weight is 221 g/mol. The maximum absolute atomic E-state index is 4.11. The molecule has 0 saturated carbocycles. The molecule has 0 aliphatic rings. The van der Waals surface area contributed by atoms with Crippen LogP contribution in [-0.2, 0) is 6.42 Å². The molecule has 0 aromatic carbocycles. The lowest BCUT2D eigenvalue weighted by Crippen LogP contribution is -1.94. The van der Waals surface area contributed by atoms with Gasteiger partial charge in [-0.2, -0.15) is 0 Å². The summed E-state index contributed by atoms with van der Waals surface area (Å²) < 4.78 is 0. The Kier molecular flexibility index (Phi) is 7.56. The molecule has 0 spiro atoms. The smallest absolute Gasteiger partial charge is 0.131 e. The Bertz CT molecular complexity index is 249. The van der Waals surface area contributed by atoms with E-state index in [1.54, 1.807) is 12.7 Å². The van der Waals surface area contributed by atoms with Crippen molar-refractivity contribution >= 4 is 0 Å². The molecule has 90 valence electrons. The molecule has 0 unspecified atom stereocenters. The van der Waals surface area contributed by atoms with Crippen LogP contribution in [0.25, 0.3) is 0 Å². The van der Waals surface area contributed by atoms with Crippen molar-refractivity contribution in [2.24, 2.45) is 0 Å². The van der Waals surface area contributed by atoms with E-state index in [0.717, 1.165) is 12.2 Å². The van der Waals surface area contributed by atoms with Crippen LogP contribution in [0.15, 0.2) is 12.7 Å². The SMILES string of the molecule is CCCCCCCCCCc1ncncn1. The van der Waals surface area contributed by atoms with Crippen molar-refractivity contribution in [1.29, 1.82) is 0 Å². The van der Waals surface area contributed by atoms with Crippen LogP contribution in [0.1, 0.15) is 64.1 Å². The van der Waals surface area contributed by atoms with Crippen LogP contribution in [-0.4, -0.2) is 15.0 Å². The van der Waals surface area contributed by atoms with Crippen LogP contribution in [0.4, 0.5) is 0 Å². The van der Waals surface area contributed by atoms with E-state index >= 15 is 0 Å². The summed E-state index contributed by atoms with van der Waals surface area (Å²) in [5, 5.41) is 0. The second kappa shape index (κ2) is 9.25. The summed E-state index contributed by atoms with van der Waals surface area (Å²) in [7, 11) is 0. The molecule has 1 aromatic heterocycles. The summed E-state index contributed by atoms with van der Waals surface area (Å²) in [6, 6.07) is 0. The van der Waals surface area contributed by atoms with Crippen LogP contribution in [0.5, 0.6) is 0 Å². The number of hydrogen-bond acceptors (Lipinski definition) is 3. The summed E-state index contributed by atoms with van der Waals surface area (Å²) >= 11 is 0. The third-order valence-corrected chi connectivity index (χ3v) is 2.80. The first-order chi connectivity index (χ1) is 7.93. The monoisotopic (exact) mass is 221 g/mol. The number of rotatable bonds is 9. The predicted octanol–water partition coefficient (Wildman–Crippen LogP) is 3.55. The van der Waals surface area contributed by atoms with Gasteiger partial charge in [0.25, 0.3) is 0 Å². The van der Waals surface area contributed by atoms with Crippen LogP contribution in [0.3, 0.4) is 0 Å². The second-order valence-corrected chi connectivity index (χ2v) is 4.28. The fourth-order valence-corrected chi connectivity index (χ4v) is 1.81. The highest BCUT2D eigenvalue weighted by molar-refractivity contribution is 4.80. The highest BCUT2D eigenvalue weighted by atomic mass is 15.0. The van der Waals surface area contributed by atoms with Gasteiger partial charge in [-0.25, -0.2) is 15.0 Å². The van der Waals surface area contributed by atoms with Crippen molar-refractivity contribution in [2.75, 3.05) is 0 Å². The first kappa shape index (κ1) is 13.1. The molecule has 3 nitrogen and oxygen atoms in total. The van der Waals surface area contributed by atoms with Crippen LogP contribution < -0.4 is 0 Å². The zero-order chi connectivity index (χ0) is 11.5. The van der Waals surface area contributed by atoms with Crippen LogP contribution >= 0.6 is 0 Å². The van der Waals surface area contributed by atoms with Gasteiger partial charge in [-0.3, -0.25) is 0 Å². The lowest BCUT2D eigenvalue weighted by Gasteiger charge is -2.01. The van der Waals surface area contributed by atoms with E-state index in [2.05, 4.69) is 21.9 Å². The van der Waals surface area contributed by atoms with E-state index < -0.39 is 0 Å². The van der Waals surface area contributed by atoms with Gasteiger partial charge in [0, 0.05) is 6.42 Å². The second-order valence-electron chi connectivity index (χ2n) is 4.28. The molecule has 1 aromatic rings. The normalized spacial score (nSPS) is 10.6. The summed E-state index contributed by atoms with van der Waals surface area (Å²) in [6.45, 7) is 2.26. The molecule has 0 N–H and O–H groups in total. The molecule has 0 saturated heterocycles. The van der Waals surface area contributed by atoms with E-state index in [-0.39, 0.29) is 0 Å². The van der Waals surface area contributed by atoms with Crippen molar-refractivity contribution in [2.45, 2.75) is 64.7 Å². The van der Waals surface area contributed by atoms with Gasteiger partial charge < -0.3 is 0 Å². The van der Waals surface area contributed by atoms with Crippen LogP contribution in [0.2, 0.25) is 0 Å². The van der Waals surface area contributed by atoms with Gasteiger partial charge in [-0.1, -0.05) is 51.9 Å². The summed E-state index contributed by atoms with van der Waals surface area (Å²) in [5.74, 6) is 0.931. The van der Waals surface area contributed by atoms with Crippen molar-refractivity contribution in [1.82, 2.24) is 15.0 Å². The highest BCUT2D eigenvalue weighted by Crippen LogP contribution is 2.09. The van der Waals surface area contributed by atoms with Crippen LogP contribution in [0, 0.1) is 0 Å². The summed E-state index contributed by atoms with van der Waals surface area (Å²) in [6.07, 6.45) is 14.9. The zero-order valence-electron chi connectivity index (χ0n) is 10.4. The van der Waals surface area contributed by atoms with Gasteiger partial charge in [0.1, 0.15) is 18.5 Å². The number of nitrogens with zero attached hydrogens (tertiary/aromatic N) is 3. The largest absolute Gasteiger partial charge is 0.225 e. The molecular formula is C13H23N3. The minimum atomic E-state index is 0.931. The Morgan fingerprint density at radius 2 is 1.38 bits per heavy atom. The van der Waals surface area contributed by atoms with Gasteiger partial charge in [0.2, 0.25) is 0 Å². The Hall–Kier alpha value is -0.990. The molecule has 0 radical (unpaired) electrons. The standard InChI is InChI=1S/C13H23N3/c1-2-3-4-5-6-7-8-9-10-13-15-11-14-12-16-13/h11-12H,2-10H2,1H3. The number of hydrogen-bond donors (Lipinski definition) is 0. The summed E-state index contributed by atoms with van der Waals surface area (Å²) in [5.41, 5.74) is 0. The van der Waals surface area contributed by atoms with Crippen molar-refractivity contribution < 1.29 is 0 Å². The first-order valence-corrected chi connectivity index (χ1v) is 6.54.